The third-order valence-corrected chi connectivity index (χ3v) is 5.25. The summed E-state index contributed by atoms with van der Waals surface area (Å²) >= 11 is 8.82. The van der Waals surface area contributed by atoms with Gasteiger partial charge in [0.15, 0.2) is 4.34 Å². The van der Waals surface area contributed by atoms with E-state index in [9.17, 15) is 4.79 Å². The van der Waals surface area contributed by atoms with Crippen LogP contribution in [0.25, 0.3) is 0 Å². The molecular formula is C16H21ClN4OS2. The normalized spacial score (nSPS) is 12.8. The molecule has 1 heterocycles. The number of amides is 1. The third kappa shape index (κ3) is 5.65. The van der Waals surface area contributed by atoms with Crippen LogP contribution in [0, 0.1) is 6.92 Å². The average Bonchev–Trinajstić information content (AvgIpc) is 2.87. The van der Waals surface area contributed by atoms with E-state index in [1.165, 1.54) is 23.1 Å². The van der Waals surface area contributed by atoms with Crippen molar-refractivity contribution in [3.05, 3.63) is 28.8 Å². The molecule has 0 fully saturated rings. The highest BCUT2D eigenvalue weighted by atomic mass is 35.5. The predicted octanol–water partition coefficient (Wildman–Crippen LogP) is 4.83. The minimum Gasteiger partial charge on any atom is -0.355 e. The largest absolute Gasteiger partial charge is 0.355 e. The van der Waals surface area contributed by atoms with Crippen LogP contribution in [0.1, 0.15) is 33.3 Å². The molecule has 0 aliphatic carbocycles. The Bertz CT molecular complexity index is 727. The summed E-state index contributed by atoms with van der Waals surface area (Å²) < 4.78 is 0.757. The lowest BCUT2D eigenvalue weighted by molar-refractivity contribution is -0.115. The van der Waals surface area contributed by atoms with Crippen LogP contribution >= 0.6 is 34.7 Å². The van der Waals surface area contributed by atoms with Crippen LogP contribution in [0.2, 0.25) is 5.02 Å². The summed E-state index contributed by atoms with van der Waals surface area (Å²) in [7, 11) is 0. The molecule has 5 nitrogen and oxygen atoms in total. The summed E-state index contributed by atoms with van der Waals surface area (Å²) in [5, 5.41) is 15.5. The fourth-order valence-corrected chi connectivity index (χ4v) is 4.07. The smallest absolute Gasteiger partial charge is 0.237 e. The van der Waals surface area contributed by atoms with E-state index < -0.39 is 0 Å². The van der Waals surface area contributed by atoms with Crippen LogP contribution in [0.4, 0.5) is 10.8 Å². The zero-order valence-electron chi connectivity index (χ0n) is 14.3. The molecule has 0 spiro atoms. The van der Waals surface area contributed by atoms with Crippen molar-refractivity contribution in [1.82, 2.24) is 10.2 Å². The highest BCUT2D eigenvalue weighted by Crippen LogP contribution is 2.31. The Morgan fingerprint density at radius 2 is 2.04 bits per heavy atom. The lowest BCUT2D eigenvalue weighted by atomic mass is 10.1. The zero-order chi connectivity index (χ0) is 17.9. The van der Waals surface area contributed by atoms with Crippen LogP contribution in [-0.2, 0) is 4.79 Å². The molecule has 0 radical (unpaired) electrons. The van der Waals surface area contributed by atoms with Gasteiger partial charge >= 0.3 is 0 Å². The van der Waals surface area contributed by atoms with Gasteiger partial charge in [0.05, 0.1) is 5.25 Å². The number of halogens is 1. The molecule has 2 N–H and O–H groups in total. The van der Waals surface area contributed by atoms with Gasteiger partial charge in [-0.25, -0.2) is 0 Å². The summed E-state index contributed by atoms with van der Waals surface area (Å²) in [6, 6.07) is 5.43. The van der Waals surface area contributed by atoms with Gasteiger partial charge in [0.1, 0.15) is 0 Å². The van der Waals surface area contributed by atoms with Gasteiger partial charge in [-0.2, -0.15) is 0 Å². The SMILES string of the molecule is Cc1ccc(Cl)cc1NC(=O)C(C)Sc1nnc(NC(C)(C)C)s1. The number of aromatic nitrogens is 2. The van der Waals surface area contributed by atoms with Gasteiger partial charge in [-0.15, -0.1) is 10.2 Å². The summed E-state index contributed by atoms with van der Waals surface area (Å²) in [6.45, 7) is 9.96. The number of thioether (sulfide) groups is 1. The number of nitrogens with one attached hydrogen (secondary N) is 2. The van der Waals surface area contributed by atoms with Crippen molar-refractivity contribution >= 4 is 51.4 Å². The maximum Gasteiger partial charge on any atom is 0.237 e. The number of rotatable bonds is 5. The molecule has 1 atom stereocenters. The molecule has 2 aromatic rings. The first-order valence-corrected chi connectivity index (χ1v) is 9.57. The molecular weight excluding hydrogens is 364 g/mol. The molecule has 1 aromatic heterocycles. The minimum absolute atomic E-state index is 0.0748. The quantitative estimate of drug-likeness (QED) is 0.722. The number of nitrogens with zero attached hydrogens (tertiary/aromatic N) is 2. The van der Waals surface area contributed by atoms with Gasteiger partial charge in [0, 0.05) is 16.2 Å². The number of benzene rings is 1. The molecule has 0 aliphatic heterocycles. The molecule has 1 aromatic carbocycles. The van der Waals surface area contributed by atoms with E-state index in [2.05, 4.69) is 41.6 Å². The number of carbonyl (C=O) groups is 1. The van der Waals surface area contributed by atoms with E-state index in [1.807, 2.05) is 19.9 Å². The molecule has 0 saturated heterocycles. The fourth-order valence-electron chi connectivity index (χ4n) is 1.80. The lowest BCUT2D eigenvalue weighted by Gasteiger charge is -2.18. The van der Waals surface area contributed by atoms with Crippen molar-refractivity contribution in [2.24, 2.45) is 0 Å². The summed E-state index contributed by atoms with van der Waals surface area (Å²) in [5.41, 5.74) is 1.62. The first-order valence-electron chi connectivity index (χ1n) is 7.49. The number of hydrogen-bond donors (Lipinski definition) is 2. The van der Waals surface area contributed by atoms with Gasteiger partial charge in [-0.3, -0.25) is 4.79 Å². The standard InChI is InChI=1S/C16H21ClN4OS2/c1-9-6-7-11(17)8-12(9)18-13(22)10(2)23-15-21-20-14(24-15)19-16(3,4)5/h6-8,10H,1-5H3,(H,18,22)(H,19,20). The number of aryl methyl sites for hydroxylation is 1. The molecule has 1 unspecified atom stereocenters. The Labute approximate surface area is 155 Å². The molecule has 8 heteroatoms. The van der Waals surface area contributed by atoms with E-state index in [0.717, 1.165) is 20.7 Å². The maximum atomic E-state index is 12.4. The fraction of sp³-hybridized carbons (Fsp3) is 0.438. The molecule has 1 amide bonds. The second-order valence-corrected chi connectivity index (χ2v) is 9.46. The molecule has 0 bridgehead atoms. The van der Waals surface area contributed by atoms with Crippen molar-refractivity contribution in [3.63, 3.8) is 0 Å². The highest BCUT2D eigenvalue weighted by molar-refractivity contribution is 8.02. The number of anilines is 2. The maximum absolute atomic E-state index is 12.4. The Morgan fingerprint density at radius 1 is 1.33 bits per heavy atom. The van der Waals surface area contributed by atoms with Crippen molar-refractivity contribution in [3.8, 4) is 0 Å². The van der Waals surface area contributed by atoms with Gasteiger partial charge in [-0.1, -0.05) is 40.8 Å². The van der Waals surface area contributed by atoms with Gasteiger partial charge in [-0.05, 0) is 52.3 Å². The van der Waals surface area contributed by atoms with E-state index in [-0.39, 0.29) is 16.7 Å². The molecule has 0 saturated carbocycles. The average molecular weight is 385 g/mol. The highest BCUT2D eigenvalue weighted by Gasteiger charge is 2.19. The van der Waals surface area contributed by atoms with E-state index in [1.54, 1.807) is 12.1 Å². The van der Waals surface area contributed by atoms with Crippen molar-refractivity contribution < 1.29 is 4.79 Å². The second-order valence-electron chi connectivity index (χ2n) is 6.46. The van der Waals surface area contributed by atoms with Crippen molar-refractivity contribution in [2.75, 3.05) is 10.6 Å². The topological polar surface area (TPSA) is 66.9 Å². The zero-order valence-corrected chi connectivity index (χ0v) is 16.7. The van der Waals surface area contributed by atoms with Gasteiger partial charge < -0.3 is 10.6 Å². The van der Waals surface area contributed by atoms with E-state index in [0.29, 0.717) is 5.02 Å². The first-order chi connectivity index (χ1) is 11.1. The Balaban J connectivity index is 1.98. The van der Waals surface area contributed by atoms with Crippen molar-refractivity contribution in [1.29, 1.82) is 0 Å². The third-order valence-electron chi connectivity index (χ3n) is 2.99. The Kier molecular flexibility index (Phi) is 6.11. The van der Waals surface area contributed by atoms with Gasteiger partial charge in [0.2, 0.25) is 11.0 Å². The van der Waals surface area contributed by atoms with Crippen LogP contribution in [-0.4, -0.2) is 26.9 Å². The van der Waals surface area contributed by atoms with Crippen molar-refractivity contribution in [2.45, 2.75) is 49.7 Å². The summed E-state index contributed by atoms with van der Waals surface area (Å²) in [4.78, 5) is 12.4. The van der Waals surface area contributed by atoms with E-state index >= 15 is 0 Å². The first kappa shape index (κ1) is 19.0. The van der Waals surface area contributed by atoms with E-state index in [4.69, 9.17) is 11.6 Å². The molecule has 130 valence electrons. The van der Waals surface area contributed by atoms with Crippen LogP contribution < -0.4 is 10.6 Å². The van der Waals surface area contributed by atoms with Crippen LogP contribution in [0.5, 0.6) is 0 Å². The minimum atomic E-state index is -0.293. The predicted molar refractivity (Wildman–Crippen MR) is 103 cm³/mol. The molecule has 2 rings (SSSR count). The summed E-state index contributed by atoms with van der Waals surface area (Å²) in [6.07, 6.45) is 0. The molecule has 0 aliphatic rings. The monoisotopic (exact) mass is 384 g/mol. The Morgan fingerprint density at radius 3 is 2.71 bits per heavy atom. The Hall–Kier alpha value is -1.31. The lowest BCUT2D eigenvalue weighted by Crippen LogP contribution is -2.25. The number of carbonyl (C=O) groups excluding carboxylic acids is 1. The van der Waals surface area contributed by atoms with Crippen LogP contribution in [0.3, 0.4) is 0 Å². The second kappa shape index (κ2) is 7.72. The molecule has 24 heavy (non-hydrogen) atoms. The van der Waals surface area contributed by atoms with Crippen LogP contribution in [0.15, 0.2) is 22.5 Å². The van der Waals surface area contributed by atoms with Gasteiger partial charge in [0.25, 0.3) is 0 Å². The number of hydrogen-bond acceptors (Lipinski definition) is 6. The summed E-state index contributed by atoms with van der Waals surface area (Å²) in [5.74, 6) is -0.0918.